The van der Waals surface area contributed by atoms with Gasteiger partial charge in [-0.05, 0) is 35.9 Å². The van der Waals surface area contributed by atoms with Gasteiger partial charge in [-0.3, -0.25) is 0 Å². The highest BCUT2D eigenvalue weighted by Crippen LogP contribution is 2.28. The number of pyridine rings is 1. The average Bonchev–Trinajstić information content (AvgIpc) is 2.30. The predicted octanol–water partition coefficient (Wildman–Crippen LogP) is 5.33. The number of rotatable bonds is 3. The predicted molar refractivity (Wildman–Crippen MR) is 75.3 cm³/mol. The Kier molecular flexibility index (Phi) is 4.57. The van der Waals surface area contributed by atoms with Crippen LogP contribution in [-0.2, 0) is 5.75 Å². The lowest BCUT2D eigenvalue weighted by atomic mass is 10.3. The summed E-state index contributed by atoms with van der Waals surface area (Å²) in [6, 6.07) is 9.34. The molecule has 0 fully saturated rings. The van der Waals surface area contributed by atoms with Gasteiger partial charge in [0.2, 0.25) is 0 Å². The van der Waals surface area contributed by atoms with Gasteiger partial charge in [-0.1, -0.05) is 34.8 Å². The van der Waals surface area contributed by atoms with Crippen LogP contribution in [0, 0.1) is 0 Å². The molecule has 0 atom stereocenters. The third-order valence-corrected chi connectivity index (χ3v) is 3.98. The molecule has 2 aromatic rings. The molecule has 1 aromatic carbocycles. The van der Waals surface area contributed by atoms with Gasteiger partial charge in [0.1, 0.15) is 5.15 Å². The Morgan fingerprint density at radius 1 is 1.06 bits per heavy atom. The SMILES string of the molecule is Clc1ccc(SCc2cnc(Cl)cc2Cl)cc1. The molecule has 2 rings (SSSR count). The van der Waals surface area contributed by atoms with Crippen molar-refractivity contribution in [2.45, 2.75) is 10.6 Å². The van der Waals surface area contributed by atoms with Crippen LogP contribution < -0.4 is 0 Å². The minimum absolute atomic E-state index is 0.412. The van der Waals surface area contributed by atoms with Crippen LogP contribution in [0.25, 0.3) is 0 Å². The number of halogens is 3. The zero-order valence-corrected chi connectivity index (χ0v) is 11.7. The van der Waals surface area contributed by atoms with Gasteiger partial charge in [0.15, 0.2) is 0 Å². The number of thioether (sulfide) groups is 1. The molecule has 0 N–H and O–H groups in total. The highest BCUT2D eigenvalue weighted by molar-refractivity contribution is 7.98. The van der Waals surface area contributed by atoms with Gasteiger partial charge in [0.05, 0.1) is 0 Å². The van der Waals surface area contributed by atoms with Crippen molar-refractivity contribution < 1.29 is 0 Å². The number of hydrogen-bond donors (Lipinski definition) is 0. The van der Waals surface area contributed by atoms with E-state index in [9.17, 15) is 0 Å². The average molecular weight is 305 g/mol. The fourth-order valence-electron chi connectivity index (χ4n) is 1.23. The second kappa shape index (κ2) is 5.96. The van der Waals surface area contributed by atoms with Crippen molar-refractivity contribution in [1.82, 2.24) is 4.98 Å². The summed E-state index contributed by atoms with van der Waals surface area (Å²) in [4.78, 5) is 5.15. The van der Waals surface area contributed by atoms with Crippen LogP contribution in [0.1, 0.15) is 5.56 Å². The normalized spacial score (nSPS) is 10.5. The molecule has 5 heteroatoms. The fraction of sp³-hybridized carbons (Fsp3) is 0.0833. The van der Waals surface area contributed by atoms with Crippen LogP contribution >= 0.6 is 46.6 Å². The van der Waals surface area contributed by atoms with Gasteiger partial charge >= 0.3 is 0 Å². The number of nitrogens with zero attached hydrogens (tertiary/aromatic N) is 1. The van der Waals surface area contributed by atoms with Crippen LogP contribution in [-0.4, -0.2) is 4.98 Å². The quantitative estimate of drug-likeness (QED) is 0.561. The molecule has 88 valence electrons. The standard InChI is InChI=1S/C12H8Cl3NS/c13-9-1-3-10(4-2-9)17-7-8-6-16-12(15)5-11(8)14/h1-6H,7H2. The van der Waals surface area contributed by atoms with E-state index in [4.69, 9.17) is 34.8 Å². The van der Waals surface area contributed by atoms with Gasteiger partial charge in [-0.15, -0.1) is 11.8 Å². The van der Waals surface area contributed by atoms with Crippen LogP contribution in [0.3, 0.4) is 0 Å². The van der Waals surface area contributed by atoms with E-state index in [0.29, 0.717) is 10.2 Å². The summed E-state index contributed by atoms with van der Waals surface area (Å²) in [6.45, 7) is 0. The Morgan fingerprint density at radius 3 is 2.41 bits per heavy atom. The molecule has 1 heterocycles. The molecule has 0 amide bonds. The third kappa shape index (κ3) is 3.78. The molecule has 0 radical (unpaired) electrons. The van der Waals surface area contributed by atoms with Crippen LogP contribution in [0.15, 0.2) is 41.4 Å². The first-order valence-corrected chi connectivity index (χ1v) is 6.95. The summed E-state index contributed by atoms with van der Waals surface area (Å²) >= 11 is 19.3. The molecule has 0 aliphatic rings. The van der Waals surface area contributed by atoms with Crippen molar-refractivity contribution in [3.05, 3.63) is 57.3 Å². The molecule has 0 aliphatic heterocycles. The van der Waals surface area contributed by atoms with E-state index < -0.39 is 0 Å². The molecule has 0 saturated heterocycles. The lowest BCUT2D eigenvalue weighted by molar-refractivity contribution is 1.25. The Bertz CT molecular complexity index is 514. The first-order valence-electron chi connectivity index (χ1n) is 4.83. The van der Waals surface area contributed by atoms with Gasteiger partial charge in [0, 0.05) is 26.9 Å². The Balaban J connectivity index is 2.04. The van der Waals surface area contributed by atoms with Crippen molar-refractivity contribution in [2.75, 3.05) is 0 Å². The molecule has 17 heavy (non-hydrogen) atoms. The van der Waals surface area contributed by atoms with E-state index in [1.54, 1.807) is 24.0 Å². The topological polar surface area (TPSA) is 12.9 Å². The molecule has 0 saturated carbocycles. The monoisotopic (exact) mass is 303 g/mol. The summed E-state index contributed by atoms with van der Waals surface area (Å²) in [5.74, 6) is 0.755. The van der Waals surface area contributed by atoms with Gasteiger partial charge in [-0.2, -0.15) is 0 Å². The van der Waals surface area contributed by atoms with Gasteiger partial charge in [-0.25, -0.2) is 4.98 Å². The highest BCUT2D eigenvalue weighted by Gasteiger charge is 2.03. The molecular formula is C12H8Cl3NS. The van der Waals surface area contributed by atoms with Crippen LogP contribution in [0.4, 0.5) is 0 Å². The van der Waals surface area contributed by atoms with E-state index in [1.807, 2.05) is 24.3 Å². The second-order valence-corrected chi connectivity index (χ2v) is 5.62. The minimum Gasteiger partial charge on any atom is -0.244 e. The summed E-state index contributed by atoms with van der Waals surface area (Å²) < 4.78 is 0. The maximum atomic E-state index is 6.06. The zero-order chi connectivity index (χ0) is 12.3. The van der Waals surface area contributed by atoms with Crippen LogP contribution in [0.2, 0.25) is 15.2 Å². The lowest BCUT2D eigenvalue weighted by Crippen LogP contribution is -1.85. The van der Waals surface area contributed by atoms with Crippen molar-refractivity contribution in [3.63, 3.8) is 0 Å². The molecule has 0 aliphatic carbocycles. The van der Waals surface area contributed by atoms with E-state index in [-0.39, 0.29) is 0 Å². The molecule has 1 nitrogen and oxygen atoms in total. The number of hydrogen-bond acceptors (Lipinski definition) is 2. The summed E-state index contributed by atoms with van der Waals surface area (Å²) in [5, 5.41) is 1.79. The fourth-order valence-corrected chi connectivity index (χ4v) is 2.75. The van der Waals surface area contributed by atoms with Gasteiger partial charge < -0.3 is 0 Å². The molecular weight excluding hydrogens is 297 g/mol. The molecule has 0 spiro atoms. The summed E-state index contributed by atoms with van der Waals surface area (Å²) in [7, 11) is 0. The lowest BCUT2D eigenvalue weighted by Gasteiger charge is -2.04. The largest absolute Gasteiger partial charge is 0.244 e. The maximum absolute atomic E-state index is 6.06. The zero-order valence-electron chi connectivity index (χ0n) is 8.66. The van der Waals surface area contributed by atoms with Crippen LogP contribution in [0.5, 0.6) is 0 Å². The summed E-state index contributed by atoms with van der Waals surface area (Å²) in [6.07, 6.45) is 1.70. The van der Waals surface area contributed by atoms with Gasteiger partial charge in [0.25, 0.3) is 0 Å². The van der Waals surface area contributed by atoms with E-state index in [2.05, 4.69) is 4.98 Å². The second-order valence-electron chi connectivity index (χ2n) is 3.34. The Morgan fingerprint density at radius 2 is 1.76 bits per heavy atom. The molecule has 0 bridgehead atoms. The number of benzene rings is 1. The third-order valence-electron chi connectivity index (χ3n) is 2.10. The first-order chi connectivity index (χ1) is 8.15. The van der Waals surface area contributed by atoms with E-state index in [1.165, 1.54) is 0 Å². The van der Waals surface area contributed by atoms with Crippen molar-refractivity contribution in [3.8, 4) is 0 Å². The molecule has 0 unspecified atom stereocenters. The Labute approximate surface area is 119 Å². The van der Waals surface area contributed by atoms with Crippen molar-refractivity contribution in [1.29, 1.82) is 0 Å². The van der Waals surface area contributed by atoms with Crippen molar-refractivity contribution >= 4 is 46.6 Å². The first kappa shape index (κ1) is 13.0. The Hall–Kier alpha value is -0.410. The maximum Gasteiger partial charge on any atom is 0.130 e. The highest BCUT2D eigenvalue weighted by atomic mass is 35.5. The van der Waals surface area contributed by atoms with E-state index in [0.717, 1.165) is 21.2 Å². The number of aromatic nitrogens is 1. The van der Waals surface area contributed by atoms with Crippen molar-refractivity contribution in [2.24, 2.45) is 0 Å². The summed E-state index contributed by atoms with van der Waals surface area (Å²) in [5.41, 5.74) is 0.969. The molecule has 1 aromatic heterocycles. The smallest absolute Gasteiger partial charge is 0.130 e. The minimum atomic E-state index is 0.412. The van der Waals surface area contributed by atoms with E-state index >= 15 is 0 Å².